The fraction of sp³-hybridized carbons (Fsp3) is 0.261. The van der Waals surface area contributed by atoms with Gasteiger partial charge in [-0.1, -0.05) is 12.1 Å². The number of fused-ring (bicyclic) bond motifs is 1. The predicted molar refractivity (Wildman–Crippen MR) is 118 cm³/mol. The van der Waals surface area contributed by atoms with Crippen LogP contribution in [0.3, 0.4) is 0 Å². The number of para-hydroxylation sites is 2. The third kappa shape index (κ3) is 5.42. The Balaban J connectivity index is 1.85. The van der Waals surface area contributed by atoms with Gasteiger partial charge in [0.2, 0.25) is 11.8 Å². The van der Waals surface area contributed by atoms with Crippen molar-refractivity contribution in [2.24, 2.45) is 0 Å². The van der Waals surface area contributed by atoms with Gasteiger partial charge in [0.05, 0.1) is 11.0 Å². The Morgan fingerprint density at radius 2 is 1.71 bits per heavy atom. The molecule has 0 aliphatic rings. The number of aryl methyl sites for hydroxylation is 1. The lowest BCUT2D eigenvalue weighted by Gasteiger charge is -2.13. The second-order valence-corrected chi connectivity index (χ2v) is 7.07. The number of nitrogens with zero attached hydrogens (tertiary/aromatic N) is 2. The van der Waals surface area contributed by atoms with Crippen molar-refractivity contribution in [1.82, 2.24) is 14.9 Å². The number of aromatic nitrogens is 2. The summed E-state index contributed by atoms with van der Waals surface area (Å²) in [5, 5.41) is 5.44. The molecule has 3 aromatic rings. The average Bonchev–Trinajstić information content (AvgIpc) is 2.75. The summed E-state index contributed by atoms with van der Waals surface area (Å²) >= 11 is 0. The second kappa shape index (κ2) is 9.80. The maximum atomic E-state index is 13.0. The van der Waals surface area contributed by atoms with Gasteiger partial charge in [0.25, 0.3) is 5.56 Å². The lowest BCUT2D eigenvalue weighted by atomic mass is 10.1. The Hall–Kier alpha value is -3.81. The molecule has 8 nitrogen and oxygen atoms in total. The molecule has 2 amide bonds. The van der Waals surface area contributed by atoms with Gasteiger partial charge in [-0.05, 0) is 50.2 Å². The molecule has 0 saturated carbocycles. The number of anilines is 1. The first kappa shape index (κ1) is 21.9. The molecule has 0 saturated heterocycles. The topological polar surface area (TPSA) is 110 Å². The zero-order valence-electron chi connectivity index (χ0n) is 17.5. The molecule has 2 aromatic carbocycles. The summed E-state index contributed by atoms with van der Waals surface area (Å²) < 4.78 is 1.37. The van der Waals surface area contributed by atoms with Crippen molar-refractivity contribution in [3.05, 3.63) is 70.1 Å². The van der Waals surface area contributed by atoms with E-state index in [2.05, 4.69) is 15.6 Å². The van der Waals surface area contributed by atoms with Gasteiger partial charge in [-0.15, -0.1) is 0 Å². The van der Waals surface area contributed by atoms with Crippen molar-refractivity contribution in [2.45, 2.75) is 33.2 Å². The molecule has 1 aromatic heterocycles. The van der Waals surface area contributed by atoms with Crippen LogP contribution in [0.5, 0.6) is 0 Å². The van der Waals surface area contributed by atoms with Crippen LogP contribution in [0.25, 0.3) is 11.0 Å². The van der Waals surface area contributed by atoms with Crippen molar-refractivity contribution in [2.75, 3.05) is 11.9 Å². The Kier molecular flexibility index (Phi) is 6.92. The highest BCUT2D eigenvalue weighted by Gasteiger charge is 2.15. The van der Waals surface area contributed by atoms with E-state index in [0.29, 0.717) is 28.8 Å². The number of carbonyl (C=O) groups excluding carboxylic acids is 3. The molecule has 1 heterocycles. The molecule has 3 rings (SSSR count). The Labute approximate surface area is 179 Å². The highest BCUT2D eigenvalue weighted by atomic mass is 16.2. The number of carbonyl (C=O) groups is 3. The highest BCUT2D eigenvalue weighted by molar-refractivity contribution is 5.95. The number of hydrogen-bond donors (Lipinski definition) is 2. The van der Waals surface area contributed by atoms with Gasteiger partial charge in [0.15, 0.2) is 5.78 Å². The maximum Gasteiger partial charge on any atom is 0.273 e. The molecule has 8 heteroatoms. The van der Waals surface area contributed by atoms with Crippen LogP contribution >= 0.6 is 0 Å². The van der Waals surface area contributed by atoms with E-state index in [-0.39, 0.29) is 42.7 Å². The SMILES string of the molecule is CCNC(=O)CCc1nc2ccccc2n(CC(=O)Nc2ccc(C(C)=O)cc2)c1=O. The quantitative estimate of drug-likeness (QED) is 0.544. The standard InChI is InChI=1S/C23H24N4O4/c1-3-24-21(29)13-12-19-23(31)27(20-7-5-4-6-18(20)26-19)14-22(30)25-17-10-8-16(9-11-17)15(2)28/h4-11H,3,12-14H2,1-2H3,(H,24,29)(H,25,30). The molecule has 0 radical (unpaired) electrons. The average molecular weight is 420 g/mol. The number of rotatable bonds is 8. The minimum atomic E-state index is -0.398. The van der Waals surface area contributed by atoms with Crippen LogP contribution in [-0.2, 0) is 22.6 Å². The van der Waals surface area contributed by atoms with Crippen LogP contribution in [0.4, 0.5) is 5.69 Å². The highest BCUT2D eigenvalue weighted by Crippen LogP contribution is 2.13. The minimum absolute atomic E-state index is 0.0622. The van der Waals surface area contributed by atoms with Gasteiger partial charge in [-0.25, -0.2) is 4.98 Å². The van der Waals surface area contributed by atoms with Gasteiger partial charge in [0.1, 0.15) is 12.2 Å². The van der Waals surface area contributed by atoms with Gasteiger partial charge >= 0.3 is 0 Å². The van der Waals surface area contributed by atoms with Crippen molar-refractivity contribution in [3.8, 4) is 0 Å². The van der Waals surface area contributed by atoms with Gasteiger partial charge in [-0.3, -0.25) is 23.7 Å². The van der Waals surface area contributed by atoms with E-state index in [1.165, 1.54) is 11.5 Å². The first-order valence-electron chi connectivity index (χ1n) is 10.0. The van der Waals surface area contributed by atoms with E-state index in [1.54, 1.807) is 48.5 Å². The zero-order valence-corrected chi connectivity index (χ0v) is 17.5. The molecule has 0 unspecified atom stereocenters. The Morgan fingerprint density at radius 3 is 2.39 bits per heavy atom. The molecule has 0 atom stereocenters. The molecule has 0 aliphatic carbocycles. The van der Waals surface area contributed by atoms with E-state index >= 15 is 0 Å². The molecule has 0 fully saturated rings. The Morgan fingerprint density at radius 1 is 1.00 bits per heavy atom. The van der Waals surface area contributed by atoms with Crippen LogP contribution in [-0.4, -0.2) is 33.7 Å². The summed E-state index contributed by atoms with van der Waals surface area (Å²) in [5.74, 6) is -0.605. The fourth-order valence-electron chi connectivity index (χ4n) is 3.22. The normalized spacial score (nSPS) is 10.6. The second-order valence-electron chi connectivity index (χ2n) is 7.07. The lowest BCUT2D eigenvalue weighted by molar-refractivity contribution is -0.121. The van der Waals surface area contributed by atoms with Crippen LogP contribution in [0.1, 0.15) is 36.3 Å². The summed E-state index contributed by atoms with van der Waals surface area (Å²) in [6.07, 6.45) is 0.326. The maximum absolute atomic E-state index is 13.0. The van der Waals surface area contributed by atoms with E-state index in [4.69, 9.17) is 0 Å². The number of benzene rings is 2. The zero-order chi connectivity index (χ0) is 22.4. The number of Topliss-reactive ketones (excluding diaryl/α,β-unsaturated/α-hetero) is 1. The third-order valence-corrected chi connectivity index (χ3v) is 4.76. The van der Waals surface area contributed by atoms with Gasteiger partial charge in [-0.2, -0.15) is 0 Å². The molecule has 0 aliphatic heterocycles. The molecule has 0 spiro atoms. The van der Waals surface area contributed by atoms with Crippen molar-refractivity contribution in [1.29, 1.82) is 0 Å². The van der Waals surface area contributed by atoms with Crippen molar-refractivity contribution < 1.29 is 14.4 Å². The molecular weight excluding hydrogens is 396 g/mol. The first-order chi connectivity index (χ1) is 14.9. The van der Waals surface area contributed by atoms with E-state index in [1.807, 2.05) is 6.92 Å². The molecule has 0 bridgehead atoms. The first-order valence-corrected chi connectivity index (χ1v) is 10.0. The number of ketones is 1. The summed E-state index contributed by atoms with van der Waals surface area (Å²) in [5.41, 5.74) is 2.03. The predicted octanol–water partition coefficient (Wildman–Crippen LogP) is 2.31. The van der Waals surface area contributed by atoms with Gasteiger partial charge in [0, 0.05) is 30.6 Å². The van der Waals surface area contributed by atoms with E-state index in [0.717, 1.165) is 0 Å². The largest absolute Gasteiger partial charge is 0.356 e. The Bertz CT molecular complexity index is 1180. The van der Waals surface area contributed by atoms with E-state index < -0.39 is 5.56 Å². The summed E-state index contributed by atoms with van der Waals surface area (Å²) in [6.45, 7) is 3.61. The lowest BCUT2D eigenvalue weighted by Crippen LogP contribution is -2.32. The third-order valence-electron chi connectivity index (χ3n) is 4.76. The number of amides is 2. The van der Waals surface area contributed by atoms with Crippen LogP contribution in [0, 0.1) is 0 Å². The van der Waals surface area contributed by atoms with Gasteiger partial charge < -0.3 is 10.6 Å². The smallest absolute Gasteiger partial charge is 0.273 e. The molecular formula is C23H24N4O4. The van der Waals surface area contributed by atoms with Crippen molar-refractivity contribution in [3.63, 3.8) is 0 Å². The summed E-state index contributed by atoms with van der Waals surface area (Å²) in [4.78, 5) is 53.2. The van der Waals surface area contributed by atoms with Crippen LogP contribution in [0.15, 0.2) is 53.3 Å². The number of nitrogens with one attached hydrogen (secondary N) is 2. The minimum Gasteiger partial charge on any atom is -0.356 e. The molecule has 31 heavy (non-hydrogen) atoms. The molecule has 160 valence electrons. The van der Waals surface area contributed by atoms with E-state index in [9.17, 15) is 19.2 Å². The monoisotopic (exact) mass is 420 g/mol. The summed E-state index contributed by atoms with van der Waals surface area (Å²) in [7, 11) is 0. The van der Waals surface area contributed by atoms with Crippen LogP contribution < -0.4 is 16.2 Å². The van der Waals surface area contributed by atoms with Crippen molar-refractivity contribution >= 4 is 34.3 Å². The molecule has 2 N–H and O–H groups in total. The fourth-order valence-corrected chi connectivity index (χ4v) is 3.22. The number of hydrogen-bond acceptors (Lipinski definition) is 5. The summed E-state index contributed by atoms with van der Waals surface area (Å²) in [6, 6.07) is 13.6. The van der Waals surface area contributed by atoms with Crippen LogP contribution in [0.2, 0.25) is 0 Å².